The molecule has 21 heavy (non-hydrogen) atoms. The molecule has 7 heteroatoms. The van der Waals surface area contributed by atoms with Gasteiger partial charge in [-0.2, -0.15) is 0 Å². The number of carboxylic acid groups (broad SMARTS) is 1. The van der Waals surface area contributed by atoms with Gasteiger partial charge in [0.15, 0.2) is 6.61 Å². The van der Waals surface area contributed by atoms with Crippen molar-refractivity contribution in [2.45, 2.75) is 32.2 Å². The van der Waals surface area contributed by atoms with Gasteiger partial charge in [-0.25, -0.2) is 9.18 Å². The summed E-state index contributed by atoms with van der Waals surface area (Å²) in [5.41, 5.74) is -1.31. The average Bonchev–Trinajstić information content (AvgIpc) is 2.43. The third kappa shape index (κ3) is 4.32. The Bertz CT molecular complexity index is 532. The molecule has 2 N–H and O–H groups in total. The van der Waals surface area contributed by atoms with Crippen molar-refractivity contribution in [2.75, 3.05) is 6.61 Å². The van der Waals surface area contributed by atoms with Crippen molar-refractivity contribution in [2.24, 2.45) is 0 Å². The molecule has 1 aromatic rings. The van der Waals surface area contributed by atoms with Crippen LogP contribution in [-0.4, -0.2) is 29.1 Å². The molecule has 1 aromatic carbocycles. The normalized spacial score (nSPS) is 11.0. The topological polar surface area (TPSA) is 75.6 Å². The highest BCUT2D eigenvalue weighted by molar-refractivity contribution is 6.32. The summed E-state index contributed by atoms with van der Waals surface area (Å²) >= 11 is 5.76. The van der Waals surface area contributed by atoms with Crippen LogP contribution in [0.4, 0.5) is 4.39 Å². The molecule has 1 rings (SSSR count). The summed E-state index contributed by atoms with van der Waals surface area (Å²) in [5, 5.41) is 11.7. The fourth-order valence-electron chi connectivity index (χ4n) is 1.82. The molecular formula is C14H17ClFNO4. The Balaban J connectivity index is 2.67. The lowest BCUT2D eigenvalue weighted by atomic mass is 9.93. The van der Waals surface area contributed by atoms with Crippen LogP contribution in [0.5, 0.6) is 5.75 Å². The van der Waals surface area contributed by atoms with E-state index in [0.717, 1.165) is 12.1 Å². The van der Waals surface area contributed by atoms with E-state index in [1.54, 1.807) is 13.8 Å². The number of nitrogens with one attached hydrogen (secondary N) is 1. The van der Waals surface area contributed by atoms with Gasteiger partial charge in [-0.3, -0.25) is 4.79 Å². The molecule has 0 radical (unpaired) electrons. The van der Waals surface area contributed by atoms with Crippen LogP contribution in [0.25, 0.3) is 0 Å². The number of carboxylic acids is 1. The van der Waals surface area contributed by atoms with Crippen molar-refractivity contribution in [3.8, 4) is 5.75 Å². The van der Waals surface area contributed by atoms with Crippen LogP contribution in [-0.2, 0) is 9.59 Å². The quantitative estimate of drug-likeness (QED) is 0.810. The molecule has 0 fully saturated rings. The molecule has 0 bridgehead atoms. The van der Waals surface area contributed by atoms with Gasteiger partial charge in [-0.15, -0.1) is 0 Å². The number of hydrogen-bond acceptors (Lipinski definition) is 3. The van der Waals surface area contributed by atoms with Crippen molar-refractivity contribution >= 4 is 23.5 Å². The van der Waals surface area contributed by atoms with Gasteiger partial charge >= 0.3 is 5.97 Å². The highest BCUT2D eigenvalue weighted by atomic mass is 35.5. The number of ether oxygens (including phenoxy) is 1. The van der Waals surface area contributed by atoms with Gasteiger partial charge in [-0.05, 0) is 31.0 Å². The second kappa shape index (κ2) is 7.26. The van der Waals surface area contributed by atoms with Crippen molar-refractivity contribution in [1.82, 2.24) is 5.32 Å². The van der Waals surface area contributed by atoms with E-state index in [-0.39, 0.29) is 23.6 Å². The minimum atomic E-state index is -1.31. The molecule has 0 aromatic heterocycles. The van der Waals surface area contributed by atoms with Crippen LogP contribution >= 0.6 is 11.6 Å². The summed E-state index contributed by atoms with van der Waals surface area (Å²) in [6.07, 6.45) is 0.504. The van der Waals surface area contributed by atoms with Crippen LogP contribution < -0.4 is 10.1 Å². The maximum Gasteiger partial charge on any atom is 0.329 e. The Kier molecular flexibility index (Phi) is 5.96. The lowest BCUT2D eigenvalue weighted by Crippen LogP contribution is -2.54. The molecule has 0 heterocycles. The van der Waals surface area contributed by atoms with E-state index in [1.807, 2.05) is 0 Å². The van der Waals surface area contributed by atoms with Crippen LogP contribution in [0.2, 0.25) is 5.02 Å². The molecular weight excluding hydrogens is 301 g/mol. The Morgan fingerprint density at radius 1 is 1.38 bits per heavy atom. The van der Waals surface area contributed by atoms with E-state index >= 15 is 0 Å². The van der Waals surface area contributed by atoms with Crippen LogP contribution in [0, 0.1) is 5.82 Å². The van der Waals surface area contributed by atoms with Gasteiger partial charge < -0.3 is 15.2 Å². The van der Waals surface area contributed by atoms with E-state index in [1.165, 1.54) is 6.07 Å². The Labute approximate surface area is 127 Å². The minimum absolute atomic E-state index is 0.0401. The fourth-order valence-corrected chi connectivity index (χ4v) is 2.04. The summed E-state index contributed by atoms with van der Waals surface area (Å²) in [6, 6.07) is 3.52. The van der Waals surface area contributed by atoms with E-state index < -0.39 is 29.8 Å². The number of aliphatic carboxylic acids is 1. The maximum absolute atomic E-state index is 12.9. The van der Waals surface area contributed by atoms with Gasteiger partial charge in [0.1, 0.15) is 17.1 Å². The molecule has 0 aliphatic rings. The summed E-state index contributed by atoms with van der Waals surface area (Å²) in [7, 11) is 0. The van der Waals surface area contributed by atoms with E-state index in [2.05, 4.69) is 5.32 Å². The Hall–Kier alpha value is -1.82. The van der Waals surface area contributed by atoms with Crippen LogP contribution in [0.3, 0.4) is 0 Å². The predicted octanol–water partition coefficient (Wildman–Crippen LogP) is 2.62. The third-order valence-corrected chi connectivity index (χ3v) is 3.54. The minimum Gasteiger partial charge on any atom is -0.482 e. The molecule has 0 unspecified atom stereocenters. The van der Waals surface area contributed by atoms with E-state index in [9.17, 15) is 19.1 Å². The van der Waals surface area contributed by atoms with E-state index in [4.69, 9.17) is 16.3 Å². The van der Waals surface area contributed by atoms with E-state index in [0.29, 0.717) is 0 Å². The van der Waals surface area contributed by atoms with Crippen LogP contribution in [0.15, 0.2) is 18.2 Å². The van der Waals surface area contributed by atoms with Crippen LogP contribution in [0.1, 0.15) is 26.7 Å². The lowest BCUT2D eigenvalue weighted by molar-refractivity contribution is -0.148. The molecule has 116 valence electrons. The molecule has 0 saturated heterocycles. The number of rotatable bonds is 7. The SMILES string of the molecule is CCC(CC)(NC(=O)COc1ccc(F)cc1Cl)C(=O)O. The molecule has 1 amide bonds. The number of halogens is 2. The monoisotopic (exact) mass is 317 g/mol. The first-order valence-electron chi connectivity index (χ1n) is 6.47. The largest absolute Gasteiger partial charge is 0.482 e. The number of carbonyl (C=O) groups is 2. The van der Waals surface area contributed by atoms with Gasteiger partial charge in [0.2, 0.25) is 0 Å². The number of carbonyl (C=O) groups excluding carboxylic acids is 1. The van der Waals surface area contributed by atoms with Crippen molar-refractivity contribution in [1.29, 1.82) is 0 Å². The highest BCUT2D eigenvalue weighted by Gasteiger charge is 2.36. The summed E-state index contributed by atoms with van der Waals surface area (Å²) in [6.45, 7) is 2.95. The molecule has 0 aliphatic heterocycles. The Morgan fingerprint density at radius 3 is 2.48 bits per heavy atom. The molecule has 5 nitrogen and oxygen atoms in total. The third-order valence-electron chi connectivity index (χ3n) is 3.25. The number of amides is 1. The second-order valence-electron chi connectivity index (χ2n) is 4.51. The second-order valence-corrected chi connectivity index (χ2v) is 4.91. The molecule has 0 saturated carbocycles. The summed E-state index contributed by atoms with van der Waals surface area (Å²) in [5.74, 6) is -2.04. The Morgan fingerprint density at radius 2 is 2.00 bits per heavy atom. The van der Waals surface area contributed by atoms with Gasteiger partial charge in [0.25, 0.3) is 5.91 Å². The highest BCUT2D eigenvalue weighted by Crippen LogP contribution is 2.24. The number of hydrogen-bond donors (Lipinski definition) is 2. The van der Waals surface area contributed by atoms with Crippen molar-refractivity contribution in [3.63, 3.8) is 0 Å². The van der Waals surface area contributed by atoms with Gasteiger partial charge in [0.05, 0.1) is 5.02 Å². The predicted molar refractivity (Wildman–Crippen MR) is 76.0 cm³/mol. The standard InChI is InChI=1S/C14H17ClFNO4/c1-3-14(4-2,13(19)20)17-12(18)8-21-11-6-5-9(16)7-10(11)15/h5-7H,3-4,8H2,1-2H3,(H,17,18)(H,19,20). The molecule has 0 atom stereocenters. The molecule has 0 aliphatic carbocycles. The first-order valence-corrected chi connectivity index (χ1v) is 6.84. The van der Waals surface area contributed by atoms with Gasteiger partial charge in [-0.1, -0.05) is 25.4 Å². The fraction of sp³-hybridized carbons (Fsp3) is 0.429. The van der Waals surface area contributed by atoms with Crippen molar-refractivity contribution < 1.29 is 23.8 Å². The molecule has 0 spiro atoms. The van der Waals surface area contributed by atoms with Gasteiger partial charge in [0, 0.05) is 0 Å². The summed E-state index contributed by atoms with van der Waals surface area (Å²) < 4.78 is 18.0. The lowest BCUT2D eigenvalue weighted by Gasteiger charge is -2.27. The first kappa shape index (κ1) is 17.2. The smallest absolute Gasteiger partial charge is 0.329 e. The zero-order valence-corrected chi connectivity index (χ0v) is 12.5. The first-order chi connectivity index (χ1) is 9.84. The number of benzene rings is 1. The van der Waals surface area contributed by atoms with Crippen molar-refractivity contribution in [3.05, 3.63) is 29.0 Å². The average molecular weight is 318 g/mol. The maximum atomic E-state index is 12.9. The summed E-state index contributed by atoms with van der Waals surface area (Å²) in [4.78, 5) is 23.1. The zero-order chi connectivity index (χ0) is 16.0. The zero-order valence-electron chi connectivity index (χ0n) is 11.8.